The highest BCUT2D eigenvalue weighted by atomic mass is 19.1. The van der Waals surface area contributed by atoms with Gasteiger partial charge in [0.1, 0.15) is 5.82 Å². The van der Waals surface area contributed by atoms with Crippen molar-refractivity contribution in [2.24, 2.45) is 0 Å². The Morgan fingerprint density at radius 1 is 1.09 bits per heavy atom. The minimum absolute atomic E-state index is 0.0427. The first-order valence-electron chi connectivity index (χ1n) is 10.6. The second kappa shape index (κ2) is 8.37. The van der Waals surface area contributed by atoms with Gasteiger partial charge < -0.3 is 9.32 Å². The van der Waals surface area contributed by atoms with Gasteiger partial charge in [-0.2, -0.15) is 5.10 Å². The van der Waals surface area contributed by atoms with Crippen molar-refractivity contribution in [1.29, 1.82) is 0 Å². The van der Waals surface area contributed by atoms with Gasteiger partial charge in [-0.1, -0.05) is 18.2 Å². The lowest BCUT2D eigenvalue weighted by Crippen LogP contribution is -2.39. The van der Waals surface area contributed by atoms with E-state index >= 15 is 0 Å². The van der Waals surface area contributed by atoms with Crippen LogP contribution in [0.2, 0.25) is 0 Å². The molecule has 4 aromatic rings. The minimum atomic E-state index is -0.319. The van der Waals surface area contributed by atoms with E-state index in [2.05, 4.69) is 15.3 Å². The van der Waals surface area contributed by atoms with Crippen molar-refractivity contribution in [2.45, 2.75) is 25.7 Å². The van der Waals surface area contributed by atoms with Crippen molar-refractivity contribution in [3.05, 3.63) is 83.8 Å². The SMILES string of the molecule is Cc1c(C(=O)N2CCCC(c3nnc(-c4ccc(F)cc4)o3)C2)cnn1-c1ccccc1. The molecular weight excluding hydrogens is 409 g/mol. The number of para-hydroxylation sites is 1. The highest BCUT2D eigenvalue weighted by Crippen LogP contribution is 2.29. The van der Waals surface area contributed by atoms with Gasteiger partial charge in [-0.25, -0.2) is 9.07 Å². The minimum Gasteiger partial charge on any atom is -0.420 e. The lowest BCUT2D eigenvalue weighted by molar-refractivity contribution is 0.0697. The molecule has 2 aromatic heterocycles. The second-order valence-corrected chi connectivity index (χ2v) is 7.93. The molecule has 1 aliphatic heterocycles. The third kappa shape index (κ3) is 3.79. The Hall–Kier alpha value is -3.81. The number of carbonyl (C=O) groups excluding carboxylic acids is 1. The number of hydrogen-bond donors (Lipinski definition) is 0. The predicted octanol–water partition coefficient (Wildman–Crippen LogP) is 4.39. The van der Waals surface area contributed by atoms with Gasteiger partial charge in [0.05, 0.1) is 29.1 Å². The Balaban J connectivity index is 1.33. The molecule has 0 saturated carbocycles. The molecule has 3 heterocycles. The van der Waals surface area contributed by atoms with Crippen LogP contribution >= 0.6 is 0 Å². The van der Waals surface area contributed by atoms with Crippen molar-refractivity contribution in [1.82, 2.24) is 24.9 Å². The van der Waals surface area contributed by atoms with Crippen molar-refractivity contribution >= 4 is 5.91 Å². The standard InChI is InChI=1S/C24H22FN5O2/c1-16-21(14-26-30(16)20-7-3-2-4-8-20)24(31)29-13-5-6-18(15-29)23-28-27-22(32-23)17-9-11-19(25)12-10-17/h2-4,7-12,14,18H,5-6,13,15H2,1H3. The molecule has 1 amide bonds. The van der Waals surface area contributed by atoms with Gasteiger partial charge in [0.2, 0.25) is 11.8 Å². The third-order valence-corrected chi connectivity index (χ3v) is 5.83. The van der Waals surface area contributed by atoms with Crippen molar-refractivity contribution in [2.75, 3.05) is 13.1 Å². The van der Waals surface area contributed by atoms with E-state index in [1.165, 1.54) is 12.1 Å². The summed E-state index contributed by atoms with van der Waals surface area (Å²) in [5.74, 6) is 0.439. The summed E-state index contributed by atoms with van der Waals surface area (Å²) < 4.78 is 20.8. The predicted molar refractivity (Wildman–Crippen MR) is 116 cm³/mol. The molecule has 0 aliphatic carbocycles. The fourth-order valence-corrected chi connectivity index (χ4v) is 4.09. The van der Waals surface area contributed by atoms with E-state index in [0.29, 0.717) is 36.0 Å². The van der Waals surface area contributed by atoms with E-state index in [0.717, 1.165) is 24.2 Å². The molecule has 2 aromatic carbocycles. The zero-order valence-corrected chi connectivity index (χ0v) is 17.6. The molecule has 1 aliphatic rings. The molecule has 1 unspecified atom stereocenters. The second-order valence-electron chi connectivity index (χ2n) is 7.93. The molecule has 5 rings (SSSR count). The van der Waals surface area contributed by atoms with E-state index in [4.69, 9.17) is 4.42 Å². The molecule has 32 heavy (non-hydrogen) atoms. The van der Waals surface area contributed by atoms with Crippen LogP contribution in [0, 0.1) is 12.7 Å². The van der Waals surface area contributed by atoms with E-state index in [9.17, 15) is 9.18 Å². The van der Waals surface area contributed by atoms with Crippen LogP contribution in [0.1, 0.15) is 40.7 Å². The smallest absolute Gasteiger partial charge is 0.257 e. The zero-order valence-electron chi connectivity index (χ0n) is 17.6. The van der Waals surface area contributed by atoms with Gasteiger partial charge in [0.15, 0.2) is 0 Å². The largest absolute Gasteiger partial charge is 0.420 e. The Morgan fingerprint density at radius 3 is 2.66 bits per heavy atom. The molecule has 1 saturated heterocycles. The monoisotopic (exact) mass is 431 g/mol. The van der Waals surface area contributed by atoms with Gasteiger partial charge in [-0.15, -0.1) is 10.2 Å². The van der Waals surface area contributed by atoms with Crippen molar-refractivity contribution in [3.63, 3.8) is 0 Å². The average molecular weight is 431 g/mol. The van der Waals surface area contributed by atoms with Crippen molar-refractivity contribution < 1.29 is 13.6 Å². The van der Waals surface area contributed by atoms with E-state index < -0.39 is 0 Å². The summed E-state index contributed by atoms with van der Waals surface area (Å²) in [6.07, 6.45) is 3.33. The Bertz CT molecular complexity index is 1230. The summed E-state index contributed by atoms with van der Waals surface area (Å²) >= 11 is 0. The van der Waals surface area contributed by atoms with Crippen LogP contribution in [0.15, 0.2) is 65.2 Å². The first kappa shape index (κ1) is 20.1. The summed E-state index contributed by atoms with van der Waals surface area (Å²) in [4.78, 5) is 15.1. The van der Waals surface area contributed by atoms with Crippen LogP contribution in [0.25, 0.3) is 17.1 Å². The highest BCUT2D eigenvalue weighted by Gasteiger charge is 2.30. The molecule has 1 atom stereocenters. The Morgan fingerprint density at radius 2 is 1.88 bits per heavy atom. The normalized spacial score (nSPS) is 16.3. The molecule has 0 spiro atoms. The Labute approximate surface area is 184 Å². The van der Waals surface area contributed by atoms with Crippen LogP contribution in [0.3, 0.4) is 0 Å². The topological polar surface area (TPSA) is 77.1 Å². The Kier molecular flexibility index (Phi) is 5.26. The lowest BCUT2D eigenvalue weighted by Gasteiger charge is -2.31. The first-order chi connectivity index (χ1) is 15.6. The zero-order chi connectivity index (χ0) is 22.1. The number of benzene rings is 2. The van der Waals surface area contributed by atoms with E-state index in [-0.39, 0.29) is 17.6 Å². The number of piperidine rings is 1. The lowest BCUT2D eigenvalue weighted by atomic mass is 9.97. The summed E-state index contributed by atoms with van der Waals surface area (Å²) in [5, 5.41) is 12.7. The third-order valence-electron chi connectivity index (χ3n) is 5.83. The molecule has 162 valence electrons. The van der Waals surface area contributed by atoms with Gasteiger partial charge in [-0.05, 0) is 56.2 Å². The molecule has 8 heteroatoms. The summed E-state index contributed by atoms with van der Waals surface area (Å²) in [6.45, 7) is 3.08. The molecule has 0 bridgehead atoms. The maximum Gasteiger partial charge on any atom is 0.257 e. The number of hydrogen-bond acceptors (Lipinski definition) is 5. The maximum absolute atomic E-state index is 13.3. The number of amides is 1. The van der Waals surface area contributed by atoms with Gasteiger partial charge in [0.25, 0.3) is 5.91 Å². The fourth-order valence-electron chi connectivity index (χ4n) is 4.09. The number of nitrogens with zero attached hydrogens (tertiary/aromatic N) is 5. The highest BCUT2D eigenvalue weighted by molar-refractivity contribution is 5.95. The molecular formula is C24H22FN5O2. The van der Waals surface area contributed by atoms with Crippen LogP contribution < -0.4 is 0 Å². The number of carbonyl (C=O) groups is 1. The van der Waals surface area contributed by atoms with Gasteiger partial charge >= 0.3 is 0 Å². The van der Waals surface area contributed by atoms with Crippen LogP contribution in [-0.4, -0.2) is 43.9 Å². The molecule has 7 nitrogen and oxygen atoms in total. The summed E-state index contributed by atoms with van der Waals surface area (Å²) in [6, 6.07) is 15.7. The molecule has 1 fully saturated rings. The van der Waals surface area contributed by atoms with Gasteiger partial charge in [-0.3, -0.25) is 4.79 Å². The number of halogens is 1. The number of rotatable bonds is 4. The van der Waals surface area contributed by atoms with Crippen molar-refractivity contribution in [3.8, 4) is 17.1 Å². The maximum atomic E-state index is 13.3. The van der Waals surface area contributed by atoms with Gasteiger partial charge in [0, 0.05) is 18.7 Å². The van der Waals surface area contributed by atoms with Crippen LogP contribution in [0.5, 0.6) is 0 Å². The number of aromatic nitrogens is 4. The summed E-state index contributed by atoms with van der Waals surface area (Å²) in [7, 11) is 0. The van der Waals surface area contributed by atoms with Crippen LogP contribution in [-0.2, 0) is 0 Å². The first-order valence-corrected chi connectivity index (χ1v) is 10.6. The molecule has 0 N–H and O–H groups in total. The van der Waals surface area contributed by atoms with Crippen LogP contribution in [0.4, 0.5) is 4.39 Å². The fraction of sp³-hybridized carbons (Fsp3) is 0.250. The number of likely N-dealkylation sites (tertiary alicyclic amines) is 1. The van der Waals surface area contributed by atoms with E-state index in [1.807, 2.05) is 42.2 Å². The average Bonchev–Trinajstić information content (AvgIpc) is 3.47. The van der Waals surface area contributed by atoms with E-state index in [1.54, 1.807) is 23.0 Å². The quantitative estimate of drug-likeness (QED) is 0.479. The summed E-state index contributed by atoms with van der Waals surface area (Å²) in [5.41, 5.74) is 2.98. The molecule has 0 radical (unpaired) electrons.